The number of rotatable bonds is 3. The van der Waals surface area contributed by atoms with E-state index in [0.717, 1.165) is 10.2 Å². The van der Waals surface area contributed by atoms with Gasteiger partial charge in [0.1, 0.15) is 5.52 Å². The molecule has 0 radical (unpaired) electrons. The zero-order chi connectivity index (χ0) is 12.7. The van der Waals surface area contributed by atoms with Crippen LogP contribution in [0.5, 0.6) is 0 Å². The number of anilines is 1. The molecule has 0 saturated heterocycles. The van der Waals surface area contributed by atoms with Gasteiger partial charge < -0.3 is 10.4 Å². The number of hydrogen-bond acceptors (Lipinski definition) is 5. The molecule has 1 aromatic carbocycles. The number of carbonyl (C=O) groups excluding carboxylic acids is 1. The lowest BCUT2D eigenvalue weighted by Crippen LogP contribution is -2.16. The van der Waals surface area contributed by atoms with E-state index in [1.54, 1.807) is 12.1 Å². The molecule has 92 valence electrons. The van der Waals surface area contributed by atoms with Crippen molar-refractivity contribution < 1.29 is 14.7 Å². The molecule has 18 heavy (non-hydrogen) atoms. The van der Waals surface area contributed by atoms with Crippen molar-refractivity contribution in [3.8, 4) is 0 Å². The number of aromatic nitrogens is 2. The van der Waals surface area contributed by atoms with Gasteiger partial charge in [0.25, 0.3) is 0 Å². The lowest BCUT2D eigenvalue weighted by atomic mass is 10.2. The molecular formula is C11H9N3O3S. The summed E-state index contributed by atoms with van der Waals surface area (Å²) < 4.78 is 4.75. The first-order valence-electron chi connectivity index (χ1n) is 5.41. The van der Waals surface area contributed by atoms with Crippen molar-refractivity contribution in [1.29, 1.82) is 0 Å². The van der Waals surface area contributed by atoms with E-state index in [4.69, 9.17) is 5.11 Å². The average molecular weight is 263 g/mol. The van der Waals surface area contributed by atoms with Gasteiger partial charge in [0.05, 0.1) is 16.5 Å². The van der Waals surface area contributed by atoms with Crippen LogP contribution in [0.2, 0.25) is 0 Å². The van der Waals surface area contributed by atoms with Crippen LogP contribution in [0.3, 0.4) is 0 Å². The van der Waals surface area contributed by atoms with E-state index in [1.807, 2.05) is 6.07 Å². The van der Waals surface area contributed by atoms with Gasteiger partial charge in [-0.25, -0.2) is 0 Å². The van der Waals surface area contributed by atoms with E-state index in [-0.39, 0.29) is 5.91 Å². The molecule has 0 unspecified atom stereocenters. The van der Waals surface area contributed by atoms with Crippen LogP contribution in [0.15, 0.2) is 18.2 Å². The number of carbonyl (C=O) groups is 2. The Bertz CT molecular complexity index is 639. The molecule has 1 fully saturated rings. The van der Waals surface area contributed by atoms with Crippen molar-refractivity contribution in [1.82, 2.24) is 9.59 Å². The molecule has 2 aromatic rings. The lowest BCUT2D eigenvalue weighted by Gasteiger charge is -2.03. The molecule has 7 heteroatoms. The summed E-state index contributed by atoms with van der Waals surface area (Å²) in [5.74, 6) is -2.10. The minimum atomic E-state index is -0.908. The highest BCUT2D eigenvalue weighted by Gasteiger charge is 2.48. The number of amides is 1. The van der Waals surface area contributed by atoms with E-state index in [0.29, 0.717) is 12.1 Å². The molecule has 2 N–H and O–H groups in total. The minimum absolute atomic E-state index is 0.245. The maximum Gasteiger partial charge on any atom is 0.307 e. The van der Waals surface area contributed by atoms with Crippen molar-refractivity contribution in [3.63, 3.8) is 0 Å². The highest BCUT2D eigenvalue weighted by atomic mass is 32.1. The van der Waals surface area contributed by atoms with E-state index >= 15 is 0 Å². The average Bonchev–Trinajstić information content (AvgIpc) is 3.02. The zero-order valence-electron chi connectivity index (χ0n) is 9.16. The first-order valence-corrected chi connectivity index (χ1v) is 6.18. The van der Waals surface area contributed by atoms with Crippen molar-refractivity contribution in [2.45, 2.75) is 6.42 Å². The second-order valence-corrected chi connectivity index (χ2v) is 5.02. The van der Waals surface area contributed by atoms with Gasteiger partial charge in [-0.05, 0) is 36.2 Å². The fourth-order valence-corrected chi connectivity index (χ4v) is 2.39. The molecule has 0 bridgehead atoms. The Morgan fingerprint density at radius 2 is 2.22 bits per heavy atom. The van der Waals surface area contributed by atoms with E-state index in [2.05, 4.69) is 14.9 Å². The van der Waals surface area contributed by atoms with Crippen LogP contribution >= 0.6 is 11.5 Å². The van der Waals surface area contributed by atoms with Gasteiger partial charge in [-0.15, -0.1) is 5.10 Å². The van der Waals surface area contributed by atoms with Gasteiger partial charge in [0, 0.05) is 5.69 Å². The van der Waals surface area contributed by atoms with Crippen LogP contribution in [0.1, 0.15) is 6.42 Å². The molecule has 1 aromatic heterocycles. The molecule has 1 aliphatic rings. The normalized spacial score (nSPS) is 21.8. The lowest BCUT2D eigenvalue weighted by molar-refractivity contribution is -0.139. The zero-order valence-corrected chi connectivity index (χ0v) is 9.98. The Morgan fingerprint density at radius 1 is 1.39 bits per heavy atom. The van der Waals surface area contributed by atoms with Gasteiger partial charge in [-0.3, -0.25) is 9.59 Å². The third-order valence-corrected chi connectivity index (χ3v) is 3.66. The maximum absolute atomic E-state index is 11.8. The molecule has 2 atom stereocenters. The van der Waals surface area contributed by atoms with Gasteiger partial charge in [-0.2, -0.15) is 0 Å². The Balaban J connectivity index is 1.72. The number of carboxylic acids is 1. The van der Waals surface area contributed by atoms with Crippen molar-refractivity contribution in [2.24, 2.45) is 11.8 Å². The highest BCUT2D eigenvalue weighted by Crippen LogP contribution is 2.39. The van der Waals surface area contributed by atoms with Crippen molar-refractivity contribution >= 4 is 39.3 Å². The predicted molar refractivity (Wildman–Crippen MR) is 65.3 cm³/mol. The largest absolute Gasteiger partial charge is 0.481 e. The molecular weight excluding hydrogens is 254 g/mol. The smallest absolute Gasteiger partial charge is 0.307 e. The summed E-state index contributed by atoms with van der Waals surface area (Å²) in [6, 6.07) is 5.32. The van der Waals surface area contributed by atoms with E-state index in [9.17, 15) is 9.59 Å². The monoisotopic (exact) mass is 263 g/mol. The van der Waals surface area contributed by atoms with Crippen LogP contribution in [0.25, 0.3) is 10.2 Å². The Labute approximate surface area is 106 Å². The van der Waals surface area contributed by atoms with E-state index in [1.165, 1.54) is 11.5 Å². The summed E-state index contributed by atoms with van der Waals surface area (Å²) in [5.41, 5.74) is 1.35. The molecule has 1 saturated carbocycles. The quantitative estimate of drug-likeness (QED) is 0.872. The second-order valence-electron chi connectivity index (χ2n) is 4.23. The summed E-state index contributed by atoms with van der Waals surface area (Å²) in [6.07, 6.45) is 0.418. The second kappa shape index (κ2) is 4.02. The van der Waals surface area contributed by atoms with Crippen LogP contribution in [-0.4, -0.2) is 26.6 Å². The predicted octanol–water partition coefficient (Wildman–Crippen LogP) is 1.35. The van der Waals surface area contributed by atoms with Crippen LogP contribution in [0, 0.1) is 11.8 Å². The fraction of sp³-hybridized carbons (Fsp3) is 0.273. The SMILES string of the molecule is O=C(Nc1ccc2snnc2c1)[C@H]1C[C@H]1C(=O)O. The standard InChI is InChI=1S/C11H9N3O3S/c15-10(6-4-7(6)11(16)17)12-5-1-2-9-8(3-5)13-14-18-9/h1-3,6-7H,4H2,(H,12,15)(H,16,17)/t6-,7+/m0/s1. The highest BCUT2D eigenvalue weighted by molar-refractivity contribution is 7.12. The number of hydrogen-bond donors (Lipinski definition) is 2. The Hall–Kier alpha value is -2.02. The Morgan fingerprint density at radius 3 is 2.94 bits per heavy atom. The number of benzene rings is 1. The number of fused-ring (bicyclic) bond motifs is 1. The van der Waals surface area contributed by atoms with Gasteiger partial charge >= 0.3 is 5.97 Å². The number of carboxylic acid groups (broad SMARTS) is 1. The molecule has 1 aliphatic carbocycles. The summed E-state index contributed by atoms with van der Waals surface area (Å²) in [6.45, 7) is 0. The van der Waals surface area contributed by atoms with Crippen molar-refractivity contribution in [2.75, 3.05) is 5.32 Å². The van der Waals surface area contributed by atoms with Crippen molar-refractivity contribution in [3.05, 3.63) is 18.2 Å². The first kappa shape index (κ1) is 11.1. The molecule has 6 nitrogen and oxygen atoms in total. The molecule has 0 aliphatic heterocycles. The minimum Gasteiger partial charge on any atom is -0.481 e. The summed E-state index contributed by atoms with van der Waals surface area (Å²) in [5, 5.41) is 15.4. The fourth-order valence-electron chi connectivity index (χ4n) is 1.85. The maximum atomic E-state index is 11.8. The van der Waals surface area contributed by atoms with Gasteiger partial charge in [0.15, 0.2) is 0 Å². The van der Waals surface area contributed by atoms with Gasteiger partial charge in [-0.1, -0.05) is 4.49 Å². The molecule has 0 spiro atoms. The topological polar surface area (TPSA) is 92.2 Å². The van der Waals surface area contributed by atoms with E-state index < -0.39 is 17.8 Å². The third kappa shape index (κ3) is 1.92. The number of nitrogens with zero attached hydrogens (tertiary/aromatic N) is 2. The summed E-state index contributed by atoms with van der Waals surface area (Å²) >= 11 is 1.29. The number of nitrogens with one attached hydrogen (secondary N) is 1. The van der Waals surface area contributed by atoms with Gasteiger partial charge in [0.2, 0.25) is 5.91 Å². The first-order chi connectivity index (χ1) is 8.65. The van der Waals surface area contributed by atoms with Crippen LogP contribution in [-0.2, 0) is 9.59 Å². The molecule has 1 heterocycles. The Kier molecular flexibility index (Phi) is 2.48. The summed E-state index contributed by atoms with van der Waals surface area (Å²) in [7, 11) is 0. The molecule has 1 amide bonds. The third-order valence-electron chi connectivity index (χ3n) is 2.96. The number of aliphatic carboxylic acids is 1. The summed E-state index contributed by atoms with van der Waals surface area (Å²) in [4.78, 5) is 22.4. The van der Waals surface area contributed by atoms with Crippen LogP contribution in [0.4, 0.5) is 5.69 Å². The van der Waals surface area contributed by atoms with Crippen LogP contribution < -0.4 is 5.32 Å². The molecule has 3 rings (SSSR count).